The molecule has 0 aliphatic carbocycles. The van der Waals surface area contributed by atoms with Gasteiger partial charge in [0.05, 0.1) is 16.7 Å². The minimum absolute atomic E-state index is 0.624. The van der Waals surface area contributed by atoms with Crippen LogP contribution in [0.3, 0.4) is 0 Å². The highest BCUT2D eigenvalue weighted by atomic mass is 15.0. The average Bonchev–Trinajstić information content (AvgIpc) is 3.12. The SMILES string of the molecule is Cc1cc(-c2cccc(-c3nc(-c4ccccc4)nc(-c4ccccc4)n3)c2)c2ccc3ccc(-c4ccccc4)nc3c2n1. The Hall–Kier alpha value is -6.07. The molecule has 0 atom stereocenters. The Kier molecular flexibility index (Phi) is 6.61. The van der Waals surface area contributed by atoms with Crippen LogP contribution in [0, 0.1) is 6.92 Å². The van der Waals surface area contributed by atoms with Crippen molar-refractivity contribution in [2.45, 2.75) is 6.92 Å². The van der Waals surface area contributed by atoms with Crippen molar-refractivity contribution in [2.75, 3.05) is 0 Å². The molecule has 8 rings (SSSR count). The lowest BCUT2D eigenvalue weighted by atomic mass is 9.97. The number of aryl methyl sites for hydroxylation is 1. The Labute approximate surface area is 261 Å². The van der Waals surface area contributed by atoms with Crippen molar-refractivity contribution < 1.29 is 0 Å². The van der Waals surface area contributed by atoms with E-state index < -0.39 is 0 Å². The molecule has 5 heteroatoms. The van der Waals surface area contributed by atoms with E-state index in [1.54, 1.807) is 0 Å². The molecule has 0 N–H and O–H groups in total. The molecule has 3 heterocycles. The first-order chi connectivity index (χ1) is 22.2. The fourth-order valence-corrected chi connectivity index (χ4v) is 5.77. The Bertz CT molecular complexity index is 2260. The third-order valence-corrected chi connectivity index (χ3v) is 7.97. The van der Waals surface area contributed by atoms with Gasteiger partial charge in [-0.25, -0.2) is 19.9 Å². The van der Waals surface area contributed by atoms with Gasteiger partial charge < -0.3 is 0 Å². The topological polar surface area (TPSA) is 64.5 Å². The normalized spacial score (nSPS) is 11.2. The van der Waals surface area contributed by atoms with E-state index in [2.05, 4.69) is 66.7 Å². The third-order valence-electron chi connectivity index (χ3n) is 7.97. The first-order valence-corrected chi connectivity index (χ1v) is 14.9. The molecule has 0 aliphatic rings. The minimum Gasteiger partial charge on any atom is -0.251 e. The summed E-state index contributed by atoms with van der Waals surface area (Å²) in [7, 11) is 0. The Morgan fingerprint density at radius 3 is 1.56 bits per heavy atom. The molecule has 0 bridgehead atoms. The fourth-order valence-electron chi connectivity index (χ4n) is 5.77. The van der Waals surface area contributed by atoms with Crippen molar-refractivity contribution >= 4 is 21.8 Å². The molecule has 5 aromatic carbocycles. The maximum absolute atomic E-state index is 5.10. The van der Waals surface area contributed by atoms with E-state index >= 15 is 0 Å². The molecule has 8 aromatic rings. The van der Waals surface area contributed by atoms with E-state index in [0.29, 0.717) is 17.5 Å². The van der Waals surface area contributed by atoms with Gasteiger partial charge in [0, 0.05) is 38.7 Å². The van der Waals surface area contributed by atoms with Crippen molar-refractivity contribution in [3.8, 4) is 56.5 Å². The van der Waals surface area contributed by atoms with Gasteiger partial charge in [-0.05, 0) is 36.2 Å². The third kappa shape index (κ3) is 5.11. The predicted octanol–water partition coefficient (Wildman–Crippen LogP) is 9.61. The number of benzene rings is 5. The molecule has 45 heavy (non-hydrogen) atoms. The van der Waals surface area contributed by atoms with Crippen LogP contribution in [-0.2, 0) is 0 Å². The molecule has 3 aromatic heterocycles. The van der Waals surface area contributed by atoms with Gasteiger partial charge in [-0.15, -0.1) is 0 Å². The Balaban J connectivity index is 1.29. The van der Waals surface area contributed by atoms with Crippen molar-refractivity contribution in [1.82, 2.24) is 24.9 Å². The lowest BCUT2D eigenvalue weighted by Crippen LogP contribution is -2.00. The lowest BCUT2D eigenvalue weighted by molar-refractivity contribution is 1.07. The van der Waals surface area contributed by atoms with Gasteiger partial charge in [-0.3, -0.25) is 4.98 Å². The summed E-state index contributed by atoms with van der Waals surface area (Å²) in [6, 6.07) is 49.4. The van der Waals surface area contributed by atoms with Crippen molar-refractivity contribution in [1.29, 1.82) is 0 Å². The molecular formula is C40H27N5. The van der Waals surface area contributed by atoms with Gasteiger partial charge in [0.1, 0.15) is 0 Å². The lowest BCUT2D eigenvalue weighted by Gasteiger charge is -2.13. The second-order valence-electron chi connectivity index (χ2n) is 11.0. The smallest absolute Gasteiger partial charge is 0.164 e. The van der Waals surface area contributed by atoms with E-state index in [1.165, 1.54) is 0 Å². The van der Waals surface area contributed by atoms with Gasteiger partial charge in [-0.1, -0.05) is 127 Å². The molecule has 0 saturated carbocycles. The summed E-state index contributed by atoms with van der Waals surface area (Å²) < 4.78 is 0. The second-order valence-corrected chi connectivity index (χ2v) is 11.0. The van der Waals surface area contributed by atoms with E-state index in [9.17, 15) is 0 Å². The zero-order valence-corrected chi connectivity index (χ0v) is 24.6. The van der Waals surface area contributed by atoms with E-state index in [0.717, 1.165) is 66.6 Å². The summed E-state index contributed by atoms with van der Waals surface area (Å²) >= 11 is 0. The number of hydrogen-bond donors (Lipinski definition) is 0. The van der Waals surface area contributed by atoms with Crippen LogP contribution in [0.1, 0.15) is 5.69 Å². The Morgan fingerprint density at radius 1 is 0.378 bits per heavy atom. The molecule has 212 valence electrons. The summed E-state index contributed by atoms with van der Waals surface area (Å²) in [5.74, 6) is 1.91. The molecule has 0 spiro atoms. The van der Waals surface area contributed by atoms with E-state index in [1.807, 2.05) is 85.8 Å². The predicted molar refractivity (Wildman–Crippen MR) is 182 cm³/mol. The summed E-state index contributed by atoms with van der Waals surface area (Å²) in [6.45, 7) is 2.04. The Morgan fingerprint density at radius 2 is 0.911 bits per heavy atom. The number of hydrogen-bond acceptors (Lipinski definition) is 5. The zero-order chi connectivity index (χ0) is 30.2. The number of fused-ring (bicyclic) bond motifs is 3. The minimum atomic E-state index is 0.624. The van der Waals surface area contributed by atoms with Gasteiger partial charge in [0.2, 0.25) is 0 Å². The summed E-state index contributed by atoms with van der Waals surface area (Å²) in [5.41, 5.74) is 9.69. The maximum Gasteiger partial charge on any atom is 0.164 e. The number of nitrogens with zero attached hydrogens (tertiary/aromatic N) is 5. The zero-order valence-electron chi connectivity index (χ0n) is 24.6. The molecule has 0 fully saturated rings. The van der Waals surface area contributed by atoms with Gasteiger partial charge in [-0.2, -0.15) is 0 Å². The summed E-state index contributed by atoms with van der Waals surface area (Å²) in [4.78, 5) is 24.9. The van der Waals surface area contributed by atoms with E-state index in [-0.39, 0.29) is 0 Å². The highest BCUT2D eigenvalue weighted by molar-refractivity contribution is 6.09. The first-order valence-electron chi connectivity index (χ1n) is 14.9. The van der Waals surface area contributed by atoms with E-state index in [4.69, 9.17) is 24.9 Å². The summed E-state index contributed by atoms with van der Waals surface area (Å²) in [6.07, 6.45) is 0. The molecule has 5 nitrogen and oxygen atoms in total. The van der Waals surface area contributed by atoms with Crippen LogP contribution in [0.25, 0.3) is 78.4 Å². The summed E-state index contributed by atoms with van der Waals surface area (Å²) in [5, 5.41) is 2.11. The molecule has 0 unspecified atom stereocenters. The first kappa shape index (κ1) is 26.5. The van der Waals surface area contributed by atoms with Crippen LogP contribution < -0.4 is 0 Å². The highest BCUT2D eigenvalue weighted by Gasteiger charge is 2.15. The maximum atomic E-state index is 5.10. The number of aromatic nitrogens is 5. The average molecular weight is 578 g/mol. The van der Waals surface area contributed by atoms with Crippen LogP contribution in [0.5, 0.6) is 0 Å². The monoisotopic (exact) mass is 577 g/mol. The van der Waals surface area contributed by atoms with Crippen LogP contribution in [0.2, 0.25) is 0 Å². The van der Waals surface area contributed by atoms with Crippen LogP contribution in [-0.4, -0.2) is 24.9 Å². The van der Waals surface area contributed by atoms with Crippen molar-refractivity contribution in [2.24, 2.45) is 0 Å². The second kappa shape index (κ2) is 11.2. The number of rotatable bonds is 5. The molecule has 0 aliphatic heterocycles. The molecule has 0 saturated heterocycles. The standard InChI is InChI=1S/C40H27N5/c1-26-24-34(33-22-20-28-21-23-35(27-12-5-2-6-13-27)42-36(28)37(33)41-26)31-18-11-19-32(25-31)40-44-38(29-14-7-3-8-15-29)43-39(45-40)30-16-9-4-10-17-30/h2-25H,1H3. The largest absolute Gasteiger partial charge is 0.251 e. The molecule has 0 radical (unpaired) electrons. The van der Waals surface area contributed by atoms with Gasteiger partial charge in [0.25, 0.3) is 0 Å². The van der Waals surface area contributed by atoms with Crippen LogP contribution in [0.15, 0.2) is 146 Å². The van der Waals surface area contributed by atoms with Crippen LogP contribution in [0.4, 0.5) is 0 Å². The number of pyridine rings is 2. The quantitative estimate of drug-likeness (QED) is 0.191. The highest BCUT2D eigenvalue weighted by Crippen LogP contribution is 2.35. The fraction of sp³-hybridized carbons (Fsp3) is 0.0250. The van der Waals surface area contributed by atoms with Crippen molar-refractivity contribution in [3.63, 3.8) is 0 Å². The van der Waals surface area contributed by atoms with Gasteiger partial charge >= 0.3 is 0 Å². The van der Waals surface area contributed by atoms with Crippen LogP contribution >= 0.6 is 0 Å². The molecule has 0 amide bonds. The van der Waals surface area contributed by atoms with Crippen molar-refractivity contribution in [3.05, 3.63) is 151 Å². The van der Waals surface area contributed by atoms with Gasteiger partial charge in [0.15, 0.2) is 17.5 Å². The molecular weight excluding hydrogens is 550 g/mol.